The van der Waals surface area contributed by atoms with Gasteiger partial charge < -0.3 is 0 Å². The number of carbonyl (C=O) groups excluding carboxylic acids is 2. The number of para-hydroxylation sites is 1. The number of aromatic nitrogens is 6. The van der Waals surface area contributed by atoms with Crippen LogP contribution >= 0.6 is 0 Å². The topological polar surface area (TPSA) is 121 Å². The van der Waals surface area contributed by atoms with E-state index < -0.39 is 0 Å². The highest BCUT2D eigenvalue weighted by atomic mass is 16.1. The fourth-order valence-corrected chi connectivity index (χ4v) is 5.23. The van der Waals surface area contributed by atoms with Crippen molar-refractivity contribution >= 4 is 45.7 Å². The van der Waals surface area contributed by atoms with Crippen molar-refractivity contribution in [3.63, 3.8) is 0 Å². The van der Waals surface area contributed by atoms with E-state index in [0.717, 1.165) is 46.5 Å². The summed E-state index contributed by atoms with van der Waals surface area (Å²) in [4.78, 5) is 44.2. The lowest BCUT2D eigenvalue weighted by Gasteiger charge is -2.35. The van der Waals surface area contributed by atoms with E-state index in [0.29, 0.717) is 48.7 Å². The number of fused-ring (bicyclic) bond motifs is 3. The number of hydrogen-bond acceptors (Lipinski definition) is 9. The third-order valence-electron chi connectivity index (χ3n) is 7.20. The second-order valence-corrected chi connectivity index (χ2v) is 9.71. The number of carbonyl (C=O) groups is 2. The molecule has 5 aromatic rings. The molecular formula is C29H24N8O2. The van der Waals surface area contributed by atoms with Crippen molar-refractivity contribution in [2.75, 3.05) is 10.0 Å². The fraction of sp³-hybridized carbons (Fsp3) is 0.207. The number of benzene rings is 2. The van der Waals surface area contributed by atoms with Crippen LogP contribution in [-0.4, -0.2) is 41.7 Å². The Hall–Kier alpha value is -4.99. The Kier molecular flexibility index (Phi) is 5.58. The standard InChI is InChI=1S/C29H24N8O2/c38-26-10-4-8-23-21(26)16-30-28(33-23)36(19-6-2-1-3-7-19)37(20-13-12-18-15-32-35-25(18)14-20)29-31-17-22-24(34-29)9-5-11-27(22)39/h1-3,6-7,12-17H,4-5,8-11H2,(H,32,35). The number of hydrogen-bond donors (Lipinski definition) is 1. The van der Waals surface area contributed by atoms with Gasteiger partial charge in [0.05, 0.1) is 45.6 Å². The average molecular weight is 517 g/mol. The molecule has 7 rings (SSSR count). The number of aromatic amines is 1. The summed E-state index contributed by atoms with van der Waals surface area (Å²) in [5.41, 5.74) is 4.98. The van der Waals surface area contributed by atoms with Crippen molar-refractivity contribution in [3.05, 3.63) is 89.6 Å². The molecule has 10 heteroatoms. The van der Waals surface area contributed by atoms with Crippen LogP contribution in [0.25, 0.3) is 10.9 Å². The molecule has 0 saturated heterocycles. The SMILES string of the molecule is O=C1CCCc2nc(N(c3ccccc3)N(c3ccc4cn[nH]c4c3)c3ncc4c(n3)CCCC4=O)ncc21. The number of rotatable bonds is 5. The van der Waals surface area contributed by atoms with Crippen molar-refractivity contribution in [2.45, 2.75) is 38.5 Å². The molecule has 2 aliphatic carbocycles. The molecule has 39 heavy (non-hydrogen) atoms. The first kappa shape index (κ1) is 23.2. The van der Waals surface area contributed by atoms with Gasteiger partial charge in [0.15, 0.2) is 11.6 Å². The number of ketones is 2. The Balaban J connectivity index is 1.46. The summed E-state index contributed by atoms with van der Waals surface area (Å²) in [7, 11) is 0. The van der Waals surface area contributed by atoms with Gasteiger partial charge in [-0.25, -0.2) is 30.0 Å². The summed E-state index contributed by atoms with van der Waals surface area (Å²) in [6.07, 6.45) is 8.95. The molecule has 10 nitrogen and oxygen atoms in total. The van der Waals surface area contributed by atoms with E-state index in [1.165, 1.54) is 0 Å². The first-order valence-corrected chi connectivity index (χ1v) is 13.0. The van der Waals surface area contributed by atoms with Gasteiger partial charge in [0.25, 0.3) is 0 Å². The maximum absolute atomic E-state index is 12.5. The third kappa shape index (κ3) is 4.10. The van der Waals surface area contributed by atoms with Gasteiger partial charge in [-0.2, -0.15) is 5.10 Å². The number of anilines is 4. The number of hydrazine groups is 1. The maximum Gasteiger partial charge on any atom is 0.250 e. The van der Waals surface area contributed by atoms with Crippen LogP contribution in [0.5, 0.6) is 0 Å². The van der Waals surface area contributed by atoms with Crippen molar-refractivity contribution in [3.8, 4) is 0 Å². The van der Waals surface area contributed by atoms with Crippen LogP contribution < -0.4 is 10.0 Å². The van der Waals surface area contributed by atoms with Gasteiger partial charge in [-0.1, -0.05) is 18.2 Å². The van der Waals surface area contributed by atoms with E-state index in [9.17, 15) is 9.59 Å². The summed E-state index contributed by atoms with van der Waals surface area (Å²) >= 11 is 0. The molecule has 0 radical (unpaired) electrons. The Morgan fingerprint density at radius 2 is 1.28 bits per heavy atom. The van der Waals surface area contributed by atoms with E-state index >= 15 is 0 Å². The van der Waals surface area contributed by atoms with E-state index in [2.05, 4.69) is 20.2 Å². The Bertz CT molecular complexity index is 1730. The number of H-pyrrole nitrogens is 1. The predicted octanol–water partition coefficient (Wildman–Crippen LogP) is 5.07. The van der Waals surface area contributed by atoms with E-state index in [-0.39, 0.29) is 11.6 Å². The molecule has 3 heterocycles. The summed E-state index contributed by atoms with van der Waals surface area (Å²) < 4.78 is 0. The quantitative estimate of drug-likeness (QED) is 0.319. The molecule has 0 unspecified atom stereocenters. The number of aryl methyl sites for hydroxylation is 2. The van der Waals surface area contributed by atoms with Gasteiger partial charge in [0.1, 0.15) is 0 Å². The Morgan fingerprint density at radius 1 is 0.667 bits per heavy atom. The molecule has 3 aromatic heterocycles. The van der Waals surface area contributed by atoms with Crippen LogP contribution in [0.3, 0.4) is 0 Å². The van der Waals surface area contributed by atoms with Crippen LogP contribution in [-0.2, 0) is 12.8 Å². The first-order valence-electron chi connectivity index (χ1n) is 13.0. The van der Waals surface area contributed by atoms with Crippen LogP contribution in [0.2, 0.25) is 0 Å². The molecule has 0 saturated carbocycles. The number of nitrogens with one attached hydrogen (secondary N) is 1. The van der Waals surface area contributed by atoms with Gasteiger partial charge in [-0.3, -0.25) is 14.7 Å². The minimum absolute atomic E-state index is 0.0656. The largest absolute Gasteiger partial charge is 0.294 e. The summed E-state index contributed by atoms with van der Waals surface area (Å²) in [5, 5.41) is 11.9. The van der Waals surface area contributed by atoms with Crippen molar-refractivity contribution < 1.29 is 9.59 Å². The van der Waals surface area contributed by atoms with Crippen LogP contribution in [0.4, 0.5) is 23.3 Å². The Morgan fingerprint density at radius 3 is 1.92 bits per heavy atom. The molecule has 0 bridgehead atoms. The lowest BCUT2D eigenvalue weighted by atomic mass is 9.96. The highest BCUT2D eigenvalue weighted by Crippen LogP contribution is 2.36. The summed E-state index contributed by atoms with van der Waals surface area (Å²) in [5.74, 6) is 0.898. The van der Waals surface area contributed by atoms with Gasteiger partial charge in [0, 0.05) is 30.6 Å². The smallest absolute Gasteiger partial charge is 0.250 e. The van der Waals surface area contributed by atoms with Gasteiger partial charge in [-0.15, -0.1) is 0 Å². The third-order valence-corrected chi connectivity index (χ3v) is 7.20. The van der Waals surface area contributed by atoms with Crippen molar-refractivity contribution in [1.82, 2.24) is 30.1 Å². The molecule has 0 fully saturated rings. The molecule has 0 amide bonds. The predicted molar refractivity (Wildman–Crippen MR) is 145 cm³/mol. The van der Waals surface area contributed by atoms with Crippen LogP contribution in [0.15, 0.2) is 67.1 Å². The number of nitrogens with zero attached hydrogens (tertiary/aromatic N) is 7. The fourth-order valence-electron chi connectivity index (χ4n) is 5.23. The lowest BCUT2D eigenvalue weighted by Crippen LogP contribution is -2.39. The second-order valence-electron chi connectivity index (χ2n) is 9.71. The van der Waals surface area contributed by atoms with Crippen molar-refractivity contribution in [1.29, 1.82) is 0 Å². The molecule has 0 atom stereocenters. The second kappa shape index (κ2) is 9.39. The lowest BCUT2D eigenvalue weighted by molar-refractivity contribution is 0.0963. The van der Waals surface area contributed by atoms with Gasteiger partial charge in [0.2, 0.25) is 11.9 Å². The molecule has 2 aliphatic rings. The zero-order valence-electron chi connectivity index (χ0n) is 21.0. The molecule has 1 N–H and O–H groups in total. The zero-order valence-corrected chi connectivity index (χ0v) is 21.0. The van der Waals surface area contributed by atoms with Gasteiger partial charge in [-0.05, 0) is 56.0 Å². The normalized spacial score (nSPS) is 14.7. The van der Waals surface area contributed by atoms with Crippen molar-refractivity contribution in [2.24, 2.45) is 0 Å². The zero-order chi connectivity index (χ0) is 26.3. The molecule has 0 aliphatic heterocycles. The monoisotopic (exact) mass is 516 g/mol. The van der Waals surface area contributed by atoms with Gasteiger partial charge >= 0.3 is 0 Å². The number of Topliss-reactive ketones (excluding diaryl/α,β-unsaturated/α-hetero) is 2. The van der Waals surface area contributed by atoms with Crippen LogP contribution in [0.1, 0.15) is 57.8 Å². The molecular weight excluding hydrogens is 492 g/mol. The molecule has 0 spiro atoms. The summed E-state index contributed by atoms with van der Waals surface area (Å²) in [6, 6.07) is 15.6. The first-order chi connectivity index (χ1) is 19.2. The average Bonchev–Trinajstić information content (AvgIpc) is 3.44. The Labute approximate surface area is 223 Å². The highest BCUT2D eigenvalue weighted by Gasteiger charge is 2.30. The molecule has 192 valence electrons. The molecule has 2 aromatic carbocycles. The summed E-state index contributed by atoms with van der Waals surface area (Å²) in [6.45, 7) is 0. The van der Waals surface area contributed by atoms with E-state index in [1.807, 2.05) is 58.5 Å². The minimum Gasteiger partial charge on any atom is -0.294 e. The van der Waals surface area contributed by atoms with E-state index in [1.54, 1.807) is 18.6 Å². The maximum atomic E-state index is 12.5. The van der Waals surface area contributed by atoms with E-state index in [4.69, 9.17) is 9.97 Å². The highest BCUT2D eigenvalue weighted by molar-refractivity contribution is 5.98. The minimum atomic E-state index is 0.0656. The van der Waals surface area contributed by atoms with Crippen LogP contribution in [0, 0.1) is 0 Å².